The number of halogens is 2. The quantitative estimate of drug-likeness (QED) is 0.825. The van der Waals surface area contributed by atoms with Crippen LogP contribution in [0.15, 0.2) is 18.2 Å². The summed E-state index contributed by atoms with van der Waals surface area (Å²) in [7, 11) is 0. The number of benzene rings is 1. The molecule has 2 saturated carbocycles. The van der Waals surface area contributed by atoms with Crippen molar-refractivity contribution in [1.82, 2.24) is 10.6 Å². The van der Waals surface area contributed by atoms with Crippen molar-refractivity contribution >= 4 is 17.5 Å². The highest BCUT2D eigenvalue weighted by atomic mass is 35.5. The summed E-state index contributed by atoms with van der Waals surface area (Å²) >= 11 is 5.80. The highest BCUT2D eigenvalue weighted by Crippen LogP contribution is 2.29. The molecule has 2 N–H and O–H groups in total. The lowest BCUT2D eigenvalue weighted by Crippen LogP contribution is -2.35. The van der Waals surface area contributed by atoms with E-state index in [1.54, 1.807) is 0 Å². The lowest BCUT2D eigenvalue weighted by Gasteiger charge is -2.26. The average molecular weight is 339 g/mol. The van der Waals surface area contributed by atoms with Crippen molar-refractivity contribution in [3.8, 4) is 0 Å². The number of rotatable bonds is 6. The van der Waals surface area contributed by atoms with E-state index < -0.39 is 5.82 Å². The van der Waals surface area contributed by atoms with E-state index in [0.29, 0.717) is 6.04 Å². The number of hydrogen-bond acceptors (Lipinski definition) is 2. The monoisotopic (exact) mass is 338 g/mol. The van der Waals surface area contributed by atoms with E-state index in [-0.39, 0.29) is 22.5 Å². The molecule has 1 amide bonds. The van der Waals surface area contributed by atoms with Crippen LogP contribution < -0.4 is 10.6 Å². The second kappa shape index (κ2) is 7.63. The van der Waals surface area contributed by atoms with Gasteiger partial charge in [-0.25, -0.2) is 4.39 Å². The molecule has 2 atom stereocenters. The maximum absolute atomic E-state index is 13.3. The van der Waals surface area contributed by atoms with E-state index in [1.807, 2.05) is 0 Å². The Balaban J connectivity index is 1.42. The number of nitrogens with one attached hydrogen (secondary N) is 2. The van der Waals surface area contributed by atoms with Crippen LogP contribution in [-0.2, 0) is 0 Å². The molecule has 0 heterocycles. The third-order valence-corrected chi connectivity index (χ3v) is 5.32. The summed E-state index contributed by atoms with van der Waals surface area (Å²) in [5, 5.41) is 6.85. The lowest BCUT2D eigenvalue weighted by molar-refractivity contribution is 0.0937. The molecule has 0 spiro atoms. The van der Waals surface area contributed by atoms with Crippen molar-refractivity contribution in [2.24, 2.45) is 5.92 Å². The van der Waals surface area contributed by atoms with Crippen LogP contribution in [-0.4, -0.2) is 24.5 Å². The van der Waals surface area contributed by atoms with Gasteiger partial charge < -0.3 is 10.6 Å². The third kappa shape index (κ3) is 4.67. The standard InChI is InChI=1S/C18H24ClFN2O/c19-14-8-13(9-15(20)10-14)18(23)22-17-5-4-16(11-17)21-7-6-12-2-1-3-12/h8-10,12,16-17,21H,1-7,11H2,(H,22,23)/t16-,17-/m0/s1. The molecule has 0 bridgehead atoms. The predicted octanol–water partition coefficient (Wildman–Crippen LogP) is 3.91. The van der Waals surface area contributed by atoms with E-state index in [0.717, 1.165) is 31.7 Å². The minimum Gasteiger partial charge on any atom is -0.349 e. The van der Waals surface area contributed by atoms with E-state index in [1.165, 1.54) is 43.9 Å². The van der Waals surface area contributed by atoms with Gasteiger partial charge in [0.2, 0.25) is 0 Å². The first kappa shape index (κ1) is 16.7. The van der Waals surface area contributed by atoms with Crippen molar-refractivity contribution in [2.45, 2.75) is 57.0 Å². The van der Waals surface area contributed by atoms with Gasteiger partial charge in [0, 0.05) is 22.7 Å². The summed E-state index contributed by atoms with van der Waals surface area (Å²) in [6.07, 6.45) is 8.44. The summed E-state index contributed by atoms with van der Waals surface area (Å²) < 4.78 is 13.3. The van der Waals surface area contributed by atoms with E-state index in [2.05, 4.69) is 10.6 Å². The van der Waals surface area contributed by atoms with Crippen molar-refractivity contribution in [3.05, 3.63) is 34.6 Å². The molecule has 0 radical (unpaired) electrons. The van der Waals surface area contributed by atoms with Gasteiger partial charge in [0.1, 0.15) is 5.82 Å². The van der Waals surface area contributed by atoms with Gasteiger partial charge in [0.25, 0.3) is 5.91 Å². The Kier molecular flexibility index (Phi) is 5.54. The number of carbonyl (C=O) groups excluding carboxylic acids is 1. The number of amides is 1. The Morgan fingerprint density at radius 2 is 1.96 bits per heavy atom. The SMILES string of the molecule is O=C(N[C@H]1CC[C@H](NCCC2CCC2)C1)c1cc(F)cc(Cl)c1. The zero-order valence-corrected chi connectivity index (χ0v) is 14.0. The fourth-order valence-corrected chi connectivity index (χ4v) is 3.75. The molecule has 0 unspecified atom stereocenters. The normalized spacial score (nSPS) is 24.4. The van der Waals surface area contributed by atoms with Gasteiger partial charge in [-0.1, -0.05) is 30.9 Å². The van der Waals surface area contributed by atoms with Crippen LogP contribution >= 0.6 is 11.6 Å². The molecular formula is C18H24ClFN2O. The third-order valence-electron chi connectivity index (χ3n) is 5.10. The Hall–Kier alpha value is -1.13. The molecule has 23 heavy (non-hydrogen) atoms. The summed E-state index contributed by atoms with van der Waals surface area (Å²) in [5.74, 6) is 0.202. The molecule has 3 nitrogen and oxygen atoms in total. The molecule has 0 saturated heterocycles. The van der Waals surface area contributed by atoms with Crippen molar-refractivity contribution in [1.29, 1.82) is 0 Å². The molecule has 1 aromatic carbocycles. The minimum atomic E-state index is -0.482. The van der Waals surface area contributed by atoms with Crippen LogP contribution in [0.25, 0.3) is 0 Å². The second-order valence-corrected chi connectivity index (χ2v) is 7.31. The highest BCUT2D eigenvalue weighted by molar-refractivity contribution is 6.31. The summed E-state index contributed by atoms with van der Waals surface area (Å²) in [6.45, 7) is 1.08. The Labute approximate surface area is 142 Å². The maximum Gasteiger partial charge on any atom is 0.251 e. The largest absolute Gasteiger partial charge is 0.349 e. The van der Waals surface area contributed by atoms with E-state index >= 15 is 0 Å². The fourth-order valence-electron chi connectivity index (χ4n) is 3.52. The molecule has 1 aromatic rings. The molecule has 2 aliphatic rings. The smallest absolute Gasteiger partial charge is 0.251 e. The van der Waals surface area contributed by atoms with Gasteiger partial charge in [-0.15, -0.1) is 0 Å². The van der Waals surface area contributed by atoms with Crippen LogP contribution in [0, 0.1) is 11.7 Å². The predicted molar refractivity (Wildman–Crippen MR) is 90.3 cm³/mol. The van der Waals surface area contributed by atoms with Gasteiger partial charge >= 0.3 is 0 Å². The summed E-state index contributed by atoms with van der Waals surface area (Å²) in [5.41, 5.74) is 0.288. The van der Waals surface area contributed by atoms with Gasteiger partial charge in [-0.2, -0.15) is 0 Å². The topological polar surface area (TPSA) is 41.1 Å². The first-order chi connectivity index (χ1) is 11.1. The molecule has 126 valence electrons. The van der Waals surface area contributed by atoms with Crippen molar-refractivity contribution in [2.75, 3.05) is 6.54 Å². The summed E-state index contributed by atoms with van der Waals surface area (Å²) in [4.78, 5) is 12.2. The van der Waals surface area contributed by atoms with E-state index in [9.17, 15) is 9.18 Å². The molecule has 2 aliphatic carbocycles. The Morgan fingerprint density at radius 1 is 1.17 bits per heavy atom. The molecule has 5 heteroatoms. The summed E-state index contributed by atoms with van der Waals surface area (Å²) in [6, 6.07) is 4.58. The number of carbonyl (C=O) groups is 1. The lowest BCUT2D eigenvalue weighted by atomic mass is 9.83. The first-order valence-corrected chi connectivity index (χ1v) is 8.98. The molecule has 3 rings (SSSR count). The van der Waals surface area contributed by atoms with Gasteiger partial charge in [-0.3, -0.25) is 4.79 Å². The average Bonchev–Trinajstić information content (AvgIpc) is 2.88. The second-order valence-electron chi connectivity index (χ2n) is 6.88. The minimum absolute atomic E-state index is 0.158. The Bertz CT molecular complexity index is 542. The maximum atomic E-state index is 13.3. The van der Waals surface area contributed by atoms with Crippen molar-refractivity contribution in [3.63, 3.8) is 0 Å². The zero-order valence-electron chi connectivity index (χ0n) is 13.3. The zero-order chi connectivity index (χ0) is 16.2. The van der Waals surface area contributed by atoms with Gasteiger partial charge in [0.15, 0.2) is 0 Å². The first-order valence-electron chi connectivity index (χ1n) is 8.60. The van der Waals surface area contributed by atoms with Crippen LogP contribution in [0.1, 0.15) is 55.3 Å². The molecular weight excluding hydrogens is 315 g/mol. The van der Waals surface area contributed by atoms with Crippen LogP contribution in [0.2, 0.25) is 5.02 Å². The van der Waals surface area contributed by atoms with Crippen molar-refractivity contribution < 1.29 is 9.18 Å². The van der Waals surface area contributed by atoms with Crippen LogP contribution in [0.5, 0.6) is 0 Å². The molecule has 0 aromatic heterocycles. The van der Waals surface area contributed by atoms with Gasteiger partial charge in [0.05, 0.1) is 0 Å². The van der Waals surface area contributed by atoms with Crippen LogP contribution in [0.4, 0.5) is 4.39 Å². The Morgan fingerprint density at radius 3 is 2.65 bits per heavy atom. The number of hydrogen-bond donors (Lipinski definition) is 2. The highest BCUT2D eigenvalue weighted by Gasteiger charge is 2.26. The molecule has 2 fully saturated rings. The molecule has 0 aliphatic heterocycles. The van der Waals surface area contributed by atoms with E-state index in [4.69, 9.17) is 11.6 Å². The fraction of sp³-hybridized carbons (Fsp3) is 0.611. The van der Waals surface area contributed by atoms with Crippen LogP contribution in [0.3, 0.4) is 0 Å². The van der Waals surface area contributed by atoms with Gasteiger partial charge in [-0.05, 0) is 56.3 Å².